The molecule has 0 amide bonds. The van der Waals surface area contributed by atoms with Gasteiger partial charge in [-0.15, -0.1) is 0 Å². The van der Waals surface area contributed by atoms with Crippen molar-refractivity contribution < 1.29 is 27.4 Å². The number of halogens is 3. The van der Waals surface area contributed by atoms with E-state index in [1.807, 2.05) is 6.92 Å². The highest BCUT2D eigenvalue weighted by Crippen LogP contribution is 2.31. The third kappa shape index (κ3) is 7.08. The van der Waals surface area contributed by atoms with Crippen LogP contribution in [0.15, 0.2) is 29.3 Å². The Balaban J connectivity index is 1.88. The lowest BCUT2D eigenvalue weighted by Crippen LogP contribution is -2.51. The fourth-order valence-corrected chi connectivity index (χ4v) is 3.08. The molecule has 1 fully saturated rings. The van der Waals surface area contributed by atoms with E-state index in [0.29, 0.717) is 38.7 Å². The van der Waals surface area contributed by atoms with E-state index in [-0.39, 0.29) is 17.5 Å². The molecule has 1 aliphatic rings. The summed E-state index contributed by atoms with van der Waals surface area (Å²) in [4.78, 5) is 4.20. The topological polar surface area (TPSA) is 64.1 Å². The minimum atomic E-state index is -4.40. The molecule has 0 spiro atoms. The van der Waals surface area contributed by atoms with Crippen LogP contribution < -0.4 is 15.4 Å². The van der Waals surface area contributed by atoms with Crippen LogP contribution in [0.4, 0.5) is 13.2 Å². The number of alkyl halides is 3. The summed E-state index contributed by atoms with van der Waals surface area (Å²) in [5.41, 5.74) is -1.02. The maximum atomic E-state index is 12.9. The lowest BCUT2D eigenvalue weighted by Gasteiger charge is -2.36. The van der Waals surface area contributed by atoms with E-state index in [1.54, 1.807) is 14.2 Å². The summed E-state index contributed by atoms with van der Waals surface area (Å²) in [6.45, 7) is 4.21. The first-order valence-corrected chi connectivity index (χ1v) is 9.73. The molecule has 1 atom stereocenters. The Morgan fingerprint density at radius 3 is 2.59 bits per heavy atom. The average Bonchev–Trinajstić information content (AvgIpc) is 2.73. The normalized spacial score (nSPS) is 18.2. The van der Waals surface area contributed by atoms with Crippen molar-refractivity contribution in [2.24, 2.45) is 4.99 Å². The van der Waals surface area contributed by atoms with Crippen LogP contribution in [0.1, 0.15) is 31.7 Å². The van der Waals surface area contributed by atoms with E-state index in [4.69, 9.17) is 14.2 Å². The number of hydrogen-bond donors (Lipinski definition) is 2. The number of methoxy groups -OCH3 is 1. The van der Waals surface area contributed by atoms with Crippen molar-refractivity contribution in [2.45, 2.75) is 44.1 Å². The summed E-state index contributed by atoms with van der Waals surface area (Å²) in [5.74, 6) is 0.774. The quantitative estimate of drug-likeness (QED) is 0.502. The standard InChI is InChI=1S/C20H30F3N3O3/c1-4-16(29-17-7-5-6-15(12-17)20(21,22)23)13-25-18(24-2)26-14-19(27-3)8-10-28-11-9-19/h5-7,12,16H,4,8-11,13-14H2,1-3H3,(H2,24,25,26). The first-order chi connectivity index (χ1) is 13.8. The molecule has 0 aromatic heterocycles. The van der Waals surface area contributed by atoms with Gasteiger partial charge in [0.25, 0.3) is 0 Å². The van der Waals surface area contributed by atoms with E-state index in [2.05, 4.69) is 15.6 Å². The highest BCUT2D eigenvalue weighted by molar-refractivity contribution is 5.79. The monoisotopic (exact) mass is 417 g/mol. The molecule has 29 heavy (non-hydrogen) atoms. The summed E-state index contributed by atoms with van der Waals surface area (Å²) >= 11 is 0. The Morgan fingerprint density at radius 2 is 2.00 bits per heavy atom. The SMILES string of the molecule is CCC(CNC(=NC)NCC1(OC)CCOCC1)Oc1cccc(C(F)(F)F)c1. The lowest BCUT2D eigenvalue weighted by molar-refractivity contribution is -0.137. The van der Waals surface area contributed by atoms with Gasteiger partial charge in [-0.05, 0) is 24.6 Å². The van der Waals surface area contributed by atoms with Crippen molar-refractivity contribution >= 4 is 5.96 Å². The number of ether oxygens (including phenoxy) is 3. The van der Waals surface area contributed by atoms with Gasteiger partial charge in [0, 0.05) is 46.8 Å². The molecule has 1 aliphatic heterocycles. The molecule has 0 aliphatic carbocycles. The van der Waals surface area contributed by atoms with Gasteiger partial charge >= 0.3 is 6.18 Å². The van der Waals surface area contributed by atoms with Crippen LogP contribution in [0.25, 0.3) is 0 Å². The van der Waals surface area contributed by atoms with Crippen LogP contribution in [0.3, 0.4) is 0 Å². The minimum Gasteiger partial charge on any atom is -0.489 e. The minimum absolute atomic E-state index is 0.192. The van der Waals surface area contributed by atoms with Gasteiger partial charge in [-0.3, -0.25) is 4.99 Å². The van der Waals surface area contributed by atoms with Crippen LogP contribution in [-0.2, 0) is 15.7 Å². The summed E-state index contributed by atoms with van der Waals surface area (Å²) in [6, 6.07) is 4.92. The van der Waals surface area contributed by atoms with Crippen LogP contribution in [0, 0.1) is 0 Å². The van der Waals surface area contributed by atoms with E-state index >= 15 is 0 Å². The highest BCUT2D eigenvalue weighted by Gasteiger charge is 2.33. The highest BCUT2D eigenvalue weighted by atomic mass is 19.4. The van der Waals surface area contributed by atoms with E-state index in [1.165, 1.54) is 12.1 Å². The number of rotatable bonds is 8. The number of hydrogen-bond acceptors (Lipinski definition) is 4. The lowest BCUT2D eigenvalue weighted by atomic mass is 9.94. The van der Waals surface area contributed by atoms with E-state index in [9.17, 15) is 13.2 Å². The zero-order chi connectivity index (χ0) is 21.3. The number of guanidine groups is 1. The molecule has 0 bridgehead atoms. The zero-order valence-electron chi connectivity index (χ0n) is 17.1. The van der Waals surface area contributed by atoms with Gasteiger partial charge < -0.3 is 24.8 Å². The molecule has 2 rings (SSSR count). The maximum Gasteiger partial charge on any atom is 0.416 e. The summed E-state index contributed by atoms with van der Waals surface area (Å²) in [5, 5.41) is 6.43. The number of benzene rings is 1. The summed E-state index contributed by atoms with van der Waals surface area (Å²) in [6.07, 6.45) is -2.49. The van der Waals surface area contributed by atoms with Gasteiger partial charge in [0.15, 0.2) is 5.96 Å². The molecule has 9 heteroatoms. The molecule has 1 heterocycles. The predicted octanol–water partition coefficient (Wildman–Crippen LogP) is 3.22. The number of nitrogens with one attached hydrogen (secondary N) is 2. The largest absolute Gasteiger partial charge is 0.489 e. The Kier molecular flexibility index (Phi) is 8.58. The fourth-order valence-electron chi connectivity index (χ4n) is 3.08. The molecule has 0 saturated carbocycles. The Bertz CT molecular complexity index is 662. The Morgan fingerprint density at radius 1 is 1.28 bits per heavy atom. The molecule has 164 valence electrons. The smallest absolute Gasteiger partial charge is 0.416 e. The van der Waals surface area contributed by atoms with Gasteiger partial charge in [-0.25, -0.2) is 0 Å². The first kappa shape index (κ1) is 23.3. The Labute approximate surface area is 169 Å². The second kappa shape index (κ2) is 10.7. The van der Waals surface area contributed by atoms with Crippen LogP contribution in [0.5, 0.6) is 5.75 Å². The second-order valence-corrected chi connectivity index (χ2v) is 6.98. The van der Waals surface area contributed by atoms with Crippen LogP contribution in [-0.4, -0.2) is 58.1 Å². The van der Waals surface area contributed by atoms with Crippen molar-refractivity contribution in [3.63, 3.8) is 0 Å². The van der Waals surface area contributed by atoms with Crippen molar-refractivity contribution in [3.8, 4) is 5.75 Å². The van der Waals surface area contributed by atoms with Crippen molar-refractivity contribution in [1.29, 1.82) is 0 Å². The van der Waals surface area contributed by atoms with Crippen molar-refractivity contribution in [3.05, 3.63) is 29.8 Å². The third-order valence-electron chi connectivity index (χ3n) is 5.06. The molecular weight excluding hydrogens is 387 g/mol. The van der Waals surface area contributed by atoms with Crippen LogP contribution >= 0.6 is 0 Å². The van der Waals surface area contributed by atoms with Gasteiger partial charge in [0.1, 0.15) is 11.9 Å². The maximum absolute atomic E-state index is 12.9. The first-order valence-electron chi connectivity index (χ1n) is 9.73. The van der Waals surface area contributed by atoms with Gasteiger partial charge in [-0.1, -0.05) is 13.0 Å². The number of aliphatic imine (C=N–C) groups is 1. The second-order valence-electron chi connectivity index (χ2n) is 6.98. The van der Waals surface area contributed by atoms with Crippen molar-refractivity contribution in [2.75, 3.05) is 40.5 Å². The van der Waals surface area contributed by atoms with Crippen LogP contribution in [0.2, 0.25) is 0 Å². The molecule has 2 N–H and O–H groups in total. The van der Waals surface area contributed by atoms with Crippen molar-refractivity contribution in [1.82, 2.24) is 10.6 Å². The third-order valence-corrected chi connectivity index (χ3v) is 5.06. The Hall–Kier alpha value is -2.00. The summed E-state index contributed by atoms with van der Waals surface area (Å²) < 4.78 is 55.5. The molecule has 0 radical (unpaired) electrons. The zero-order valence-corrected chi connectivity index (χ0v) is 17.1. The fraction of sp³-hybridized carbons (Fsp3) is 0.650. The molecule has 1 aromatic rings. The van der Waals surface area contributed by atoms with E-state index < -0.39 is 11.7 Å². The average molecular weight is 417 g/mol. The number of nitrogens with zero attached hydrogens (tertiary/aromatic N) is 1. The van der Waals surface area contributed by atoms with E-state index in [0.717, 1.165) is 25.0 Å². The predicted molar refractivity (Wildman–Crippen MR) is 105 cm³/mol. The molecule has 1 aromatic carbocycles. The van der Waals surface area contributed by atoms with Gasteiger partial charge in [0.05, 0.1) is 17.7 Å². The molecule has 6 nitrogen and oxygen atoms in total. The van der Waals surface area contributed by atoms with Gasteiger partial charge in [0.2, 0.25) is 0 Å². The molecule has 1 saturated heterocycles. The summed E-state index contributed by atoms with van der Waals surface area (Å²) in [7, 11) is 3.35. The molecular formula is C20H30F3N3O3. The molecule has 1 unspecified atom stereocenters. The van der Waals surface area contributed by atoms with Gasteiger partial charge in [-0.2, -0.15) is 13.2 Å².